The fourth-order valence-corrected chi connectivity index (χ4v) is 3.67. The van der Waals surface area contributed by atoms with Crippen molar-refractivity contribution in [1.82, 2.24) is 9.80 Å². The highest BCUT2D eigenvalue weighted by Gasteiger charge is 2.33. The van der Waals surface area contributed by atoms with Crippen LogP contribution in [-0.2, 0) is 22.6 Å². The monoisotopic (exact) mass is 380 g/mol. The van der Waals surface area contributed by atoms with Gasteiger partial charge >= 0.3 is 5.97 Å². The number of carbonyl (C=O) groups excluding carboxylic acids is 1. The molecule has 0 bridgehead atoms. The summed E-state index contributed by atoms with van der Waals surface area (Å²) in [7, 11) is 0. The topological polar surface area (TPSA) is 32.8 Å². The normalized spacial score (nSPS) is 19.2. The largest absolute Gasteiger partial charge is 0.459 e. The van der Waals surface area contributed by atoms with Crippen LogP contribution in [0.1, 0.15) is 38.3 Å². The van der Waals surface area contributed by atoms with E-state index in [2.05, 4.69) is 58.3 Å². The molecule has 4 nitrogen and oxygen atoms in total. The van der Waals surface area contributed by atoms with Gasteiger partial charge in [-0.1, -0.05) is 60.7 Å². The Balaban J connectivity index is 1.72. The maximum atomic E-state index is 12.9. The Kier molecular flexibility index (Phi) is 6.87. The maximum absolute atomic E-state index is 12.9. The van der Waals surface area contributed by atoms with Gasteiger partial charge in [-0.2, -0.15) is 0 Å². The van der Waals surface area contributed by atoms with Crippen LogP contribution in [0.4, 0.5) is 0 Å². The van der Waals surface area contributed by atoms with Crippen LogP contribution in [0.3, 0.4) is 0 Å². The lowest BCUT2D eigenvalue weighted by molar-refractivity contribution is -0.161. The molecule has 1 atom stereocenters. The van der Waals surface area contributed by atoms with Gasteiger partial charge in [-0.15, -0.1) is 0 Å². The van der Waals surface area contributed by atoms with Crippen LogP contribution in [0.25, 0.3) is 0 Å². The van der Waals surface area contributed by atoms with Crippen LogP contribution in [0, 0.1) is 0 Å². The predicted molar refractivity (Wildman–Crippen MR) is 113 cm³/mol. The zero-order chi connectivity index (χ0) is 20.0. The van der Waals surface area contributed by atoms with Crippen molar-refractivity contribution in [3.63, 3.8) is 0 Å². The molecule has 0 aromatic heterocycles. The molecule has 2 aromatic carbocycles. The van der Waals surface area contributed by atoms with Gasteiger partial charge in [0.25, 0.3) is 0 Å². The summed E-state index contributed by atoms with van der Waals surface area (Å²) in [6.45, 7) is 10.2. The van der Waals surface area contributed by atoms with Crippen LogP contribution in [0.5, 0.6) is 0 Å². The molecule has 0 aliphatic carbocycles. The Morgan fingerprint density at radius 3 is 2.04 bits per heavy atom. The Morgan fingerprint density at radius 2 is 1.46 bits per heavy atom. The molecule has 1 saturated heterocycles. The first kappa shape index (κ1) is 20.6. The second kappa shape index (κ2) is 9.35. The van der Waals surface area contributed by atoms with Crippen molar-refractivity contribution in [3.8, 4) is 0 Å². The van der Waals surface area contributed by atoms with Crippen molar-refractivity contribution in [2.45, 2.75) is 51.9 Å². The lowest BCUT2D eigenvalue weighted by Gasteiger charge is -2.30. The Morgan fingerprint density at radius 1 is 0.893 bits per heavy atom. The fourth-order valence-electron chi connectivity index (χ4n) is 3.67. The second-order valence-electron chi connectivity index (χ2n) is 8.56. The lowest BCUT2D eigenvalue weighted by atomic mass is 10.1. The minimum atomic E-state index is -0.467. The quantitative estimate of drug-likeness (QED) is 0.731. The third kappa shape index (κ3) is 6.18. The van der Waals surface area contributed by atoms with Gasteiger partial charge in [0.05, 0.1) is 0 Å². The summed E-state index contributed by atoms with van der Waals surface area (Å²) in [5.41, 5.74) is 2.08. The Bertz CT molecular complexity index is 740. The van der Waals surface area contributed by atoms with Gasteiger partial charge in [-0.25, -0.2) is 0 Å². The van der Waals surface area contributed by atoms with Crippen molar-refractivity contribution in [3.05, 3.63) is 71.8 Å². The maximum Gasteiger partial charge on any atom is 0.323 e. The summed E-state index contributed by atoms with van der Waals surface area (Å²) >= 11 is 0. The zero-order valence-corrected chi connectivity index (χ0v) is 17.3. The molecule has 0 saturated carbocycles. The van der Waals surface area contributed by atoms with Crippen molar-refractivity contribution < 1.29 is 9.53 Å². The van der Waals surface area contributed by atoms with Crippen LogP contribution in [0.15, 0.2) is 60.7 Å². The van der Waals surface area contributed by atoms with Crippen molar-refractivity contribution in [2.75, 3.05) is 19.6 Å². The highest BCUT2D eigenvalue weighted by atomic mass is 16.6. The highest BCUT2D eigenvalue weighted by molar-refractivity contribution is 5.76. The first-order valence-corrected chi connectivity index (χ1v) is 10.2. The summed E-state index contributed by atoms with van der Waals surface area (Å²) in [6.07, 6.45) is 0.786. The van der Waals surface area contributed by atoms with E-state index in [0.717, 1.165) is 39.1 Å². The predicted octanol–water partition coefficient (Wildman–Crippen LogP) is 4.10. The highest BCUT2D eigenvalue weighted by Crippen LogP contribution is 2.20. The number of carbonyl (C=O) groups is 1. The average molecular weight is 381 g/mol. The van der Waals surface area contributed by atoms with E-state index in [1.165, 1.54) is 11.1 Å². The molecular formula is C24H32N2O2. The number of hydrogen-bond donors (Lipinski definition) is 0. The Hall–Kier alpha value is -2.17. The van der Waals surface area contributed by atoms with E-state index < -0.39 is 5.60 Å². The third-order valence-electron chi connectivity index (χ3n) is 5.02. The third-order valence-corrected chi connectivity index (χ3v) is 5.02. The fraction of sp³-hybridized carbons (Fsp3) is 0.458. The number of hydrogen-bond acceptors (Lipinski definition) is 4. The number of nitrogens with zero attached hydrogens (tertiary/aromatic N) is 2. The minimum absolute atomic E-state index is 0.106. The lowest BCUT2D eigenvalue weighted by Crippen LogP contribution is -2.44. The summed E-state index contributed by atoms with van der Waals surface area (Å²) in [5, 5.41) is 0. The molecule has 150 valence electrons. The Labute approximate surface area is 169 Å². The van der Waals surface area contributed by atoms with E-state index in [1.807, 2.05) is 32.9 Å². The zero-order valence-electron chi connectivity index (χ0n) is 17.3. The van der Waals surface area contributed by atoms with E-state index in [-0.39, 0.29) is 12.0 Å². The molecule has 1 heterocycles. The van der Waals surface area contributed by atoms with E-state index >= 15 is 0 Å². The number of esters is 1. The molecule has 1 aliphatic heterocycles. The summed E-state index contributed by atoms with van der Waals surface area (Å²) < 4.78 is 5.76. The molecule has 2 aromatic rings. The SMILES string of the molecule is CC(C)(C)OC(=O)C1CCN(Cc2ccccc2)CCN1Cc1ccccc1. The molecule has 4 heteroatoms. The van der Waals surface area contributed by atoms with E-state index in [9.17, 15) is 4.79 Å². The van der Waals surface area contributed by atoms with Gasteiger partial charge < -0.3 is 4.74 Å². The van der Waals surface area contributed by atoms with Gasteiger partial charge in [0.15, 0.2) is 0 Å². The summed E-state index contributed by atoms with van der Waals surface area (Å²) in [4.78, 5) is 17.7. The molecule has 0 spiro atoms. The molecule has 0 N–H and O–H groups in total. The average Bonchev–Trinajstić information content (AvgIpc) is 2.85. The van der Waals surface area contributed by atoms with E-state index in [1.54, 1.807) is 0 Å². The van der Waals surface area contributed by atoms with Gasteiger partial charge in [-0.3, -0.25) is 14.6 Å². The number of rotatable bonds is 5. The molecule has 1 fully saturated rings. The number of benzene rings is 2. The molecule has 0 amide bonds. The summed E-state index contributed by atoms with van der Waals surface area (Å²) in [6, 6.07) is 20.7. The first-order valence-electron chi connectivity index (χ1n) is 10.2. The molecule has 28 heavy (non-hydrogen) atoms. The molecular weight excluding hydrogens is 348 g/mol. The summed E-state index contributed by atoms with van der Waals surface area (Å²) in [5.74, 6) is -0.106. The van der Waals surface area contributed by atoms with E-state index in [0.29, 0.717) is 0 Å². The second-order valence-corrected chi connectivity index (χ2v) is 8.56. The molecule has 0 radical (unpaired) electrons. The van der Waals surface area contributed by atoms with Crippen LogP contribution in [0.2, 0.25) is 0 Å². The van der Waals surface area contributed by atoms with Crippen molar-refractivity contribution in [1.29, 1.82) is 0 Å². The molecule has 3 rings (SSSR count). The van der Waals surface area contributed by atoms with Gasteiger partial charge in [0.2, 0.25) is 0 Å². The minimum Gasteiger partial charge on any atom is -0.459 e. The van der Waals surface area contributed by atoms with Gasteiger partial charge in [0.1, 0.15) is 11.6 Å². The van der Waals surface area contributed by atoms with Crippen molar-refractivity contribution >= 4 is 5.97 Å². The standard InChI is InChI=1S/C24H32N2O2/c1-24(2,3)28-23(27)22-14-15-25(18-20-10-6-4-7-11-20)16-17-26(22)19-21-12-8-5-9-13-21/h4-13,22H,14-19H2,1-3H3. The van der Waals surface area contributed by atoms with Crippen LogP contribution >= 0.6 is 0 Å². The smallest absolute Gasteiger partial charge is 0.323 e. The molecule has 1 aliphatic rings. The van der Waals surface area contributed by atoms with Crippen molar-refractivity contribution in [2.24, 2.45) is 0 Å². The van der Waals surface area contributed by atoms with Gasteiger partial charge in [-0.05, 0) is 38.3 Å². The number of ether oxygens (including phenoxy) is 1. The first-order chi connectivity index (χ1) is 13.4. The van der Waals surface area contributed by atoms with Crippen LogP contribution < -0.4 is 0 Å². The van der Waals surface area contributed by atoms with Crippen LogP contribution in [-0.4, -0.2) is 47.0 Å². The molecule has 1 unspecified atom stereocenters. The van der Waals surface area contributed by atoms with E-state index in [4.69, 9.17) is 4.74 Å². The van der Waals surface area contributed by atoms with Gasteiger partial charge in [0, 0.05) is 32.7 Å².